The van der Waals surface area contributed by atoms with Gasteiger partial charge >= 0.3 is 0 Å². The second-order valence-corrected chi connectivity index (χ2v) is 7.31. The zero-order chi connectivity index (χ0) is 16.2. The fraction of sp³-hybridized carbons (Fsp3) is 0.133. The van der Waals surface area contributed by atoms with E-state index in [1.807, 2.05) is 0 Å². The van der Waals surface area contributed by atoms with Crippen LogP contribution in [-0.2, 0) is 9.84 Å². The van der Waals surface area contributed by atoms with Crippen LogP contribution in [-0.4, -0.2) is 20.1 Å². The van der Waals surface area contributed by atoms with E-state index in [0.29, 0.717) is 12.2 Å². The first-order valence-electron chi connectivity index (χ1n) is 6.35. The van der Waals surface area contributed by atoms with Crippen LogP contribution in [0.25, 0.3) is 6.08 Å². The molecule has 5 nitrogen and oxygen atoms in total. The van der Waals surface area contributed by atoms with Crippen LogP contribution in [0.1, 0.15) is 12.5 Å². The van der Waals surface area contributed by atoms with Crippen LogP contribution in [0, 0.1) is 11.3 Å². The van der Waals surface area contributed by atoms with Crippen molar-refractivity contribution in [3.8, 4) is 17.6 Å². The lowest BCUT2D eigenvalue weighted by Gasteiger charge is -2.06. The van der Waals surface area contributed by atoms with E-state index in [-0.39, 0.29) is 20.6 Å². The van der Waals surface area contributed by atoms with Crippen LogP contribution in [0.2, 0.25) is 0 Å². The summed E-state index contributed by atoms with van der Waals surface area (Å²) in [5, 5.41) is 20.5. The number of nitrogens with zero attached hydrogens (tertiary/aromatic N) is 1. The van der Waals surface area contributed by atoms with Crippen molar-refractivity contribution in [1.29, 1.82) is 5.26 Å². The first-order valence-corrected chi connectivity index (χ1v) is 8.71. The number of phenolic OH excluding ortho intramolecular Hbond substituents is 1. The molecule has 2 aromatic rings. The smallest absolute Gasteiger partial charge is 0.226 e. The van der Waals surface area contributed by atoms with Crippen molar-refractivity contribution >= 4 is 27.3 Å². The van der Waals surface area contributed by atoms with Crippen molar-refractivity contribution in [3.63, 3.8) is 0 Å². The van der Waals surface area contributed by atoms with Gasteiger partial charge in [0, 0.05) is 0 Å². The third-order valence-electron chi connectivity index (χ3n) is 2.74. The lowest BCUT2D eigenvalue weighted by Crippen LogP contribution is -2.01. The second-order valence-electron chi connectivity index (χ2n) is 4.22. The summed E-state index contributed by atoms with van der Waals surface area (Å²) < 4.78 is 30.0. The summed E-state index contributed by atoms with van der Waals surface area (Å²) in [6.45, 7) is 2.13. The summed E-state index contributed by atoms with van der Waals surface area (Å²) in [4.78, 5) is -0.358. The van der Waals surface area contributed by atoms with Crippen molar-refractivity contribution in [2.45, 2.75) is 11.1 Å². The maximum atomic E-state index is 12.3. The molecule has 0 bridgehead atoms. The standard InChI is InChI=1S/C15H13NO4S2/c1-2-20-14-9-11(5-6-13(14)17)8-12(10-16)22(18,19)15-4-3-7-21-15/h3-9,17H,2H2,1H3/b12-8-. The van der Waals surface area contributed by atoms with Crippen LogP contribution in [0.15, 0.2) is 44.8 Å². The van der Waals surface area contributed by atoms with E-state index in [0.717, 1.165) is 11.3 Å². The Balaban J connectivity index is 2.46. The van der Waals surface area contributed by atoms with Crippen molar-refractivity contribution < 1.29 is 18.3 Å². The molecule has 0 aliphatic heterocycles. The largest absolute Gasteiger partial charge is 0.504 e. The molecule has 0 aliphatic carbocycles. The number of benzene rings is 1. The molecule has 0 aliphatic rings. The van der Waals surface area contributed by atoms with E-state index in [4.69, 9.17) is 4.74 Å². The number of rotatable bonds is 5. The third kappa shape index (κ3) is 3.30. The van der Waals surface area contributed by atoms with Gasteiger partial charge in [-0.25, -0.2) is 8.42 Å². The molecule has 0 spiro atoms. The Morgan fingerprint density at radius 2 is 2.23 bits per heavy atom. The topological polar surface area (TPSA) is 87.4 Å². The minimum Gasteiger partial charge on any atom is -0.504 e. The fourth-order valence-electron chi connectivity index (χ4n) is 1.74. The number of nitriles is 1. The molecule has 114 valence electrons. The summed E-state index contributed by atoms with van der Waals surface area (Å²) in [5.74, 6) is 0.195. The Bertz CT molecular complexity index is 831. The number of ether oxygens (including phenoxy) is 1. The average molecular weight is 335 g/mol. The third-order valence-corrected chi connectivity index (χ3v) is 5.80. The van der Waals surface area contributed by atoms with Crippen molar-refractivity contribution in [1.82, 2.24) is 0 Å². The highest BCUT2D eigenvalue weighted by Gasteiger charge is 2.21. The number of sulfone groups is 1. The molecule has 1 heterocycles. The maximum Gasteiger partial charge on any atom is 0.226 e. The van der Waals surface area contributed by atoms with Crippen LogP contribution < -0.4 is 4.74 Å². The summed E-state index contributed by atoms with van der Waals surface area (Å²) in [6, 6.07) is 9.18. The van der Waals surface area contributed by atoms with E-state index in [2.05, 4.69) is 0 Å². The molecule has 0 atom stereocenters. The molecule has 0 amide bonds. The molecule has 2 rings (SSSR count). The first kappa shape index (κ1) is 16.1. The first-order chi connectivity index (χ1) is 10.5. The van der Waals surface area contributed by atoms with Gasteiger partial charge in [-0.1, -0.05) is 12.1 Å². The molecule has 22 heavy (non-hydrogen) atoms. The predicted octanol–water partition coefficient (Wildman–Crippen LogP) is 3.19. The molecule has 1 aromatic heterocycles. The fourth-order valence-corrected chi connectivity index (χ4v) is 4.01. The van der Waals surface area contributed by atoms with Crippen molar-refractivity contribution in [2.75, 3.05) is 6.61 Å². The van der Waals surface area contributed by atoms with Crippen LogP contribution in [0.3, 0.4) is 0 Å². The quantitative estimate of drug-likeness (QED) is 0.848. The zero-order valence-corrected chi connectivity index (χ0v) is 13.3. The van der Waals surface area contributed by atoms with Gasteiger partial charge in [0.05, 0.1) is 6.61 Å². The van der Waals surface area contributed by atoms with E-state index >= 15 is 0 Å². The summed E-state index contributed by atoms with van der Waals surface area (Å²) >= 11 is 1.05. The molecule has 1 N–H and O–H groups in total. The minimum absolute atomic E-state index is 0.0429. The van der Waals surface area contributed by atoms with Gasteiger partial charge in [-0.05, 0) is 42.1 Å². The van der Waals surface area contributed by atoms with Gasteiger partial charge in [0.1, 0.15) is 10.3 Å². The molecule has 0 radical (unpaired) electrons. The van der Waals surface area contributed by atoms with Crippen molar-refractivity contribution in [3.05, 3.63) is 46.2 Å². The number of aromatic hydroxyl groups is 1. The van der Waals surface area contributed by atoms with Gasteiger partial charge in [0.15, 0.2) is 16.4 Å². The van der Waals surface area contributed by atoms with E-state index in [1.165, 1.54) is 30.3 Å². The number of allylic oxidation sites excluding steroid dienone is 1. The SMILES string of the molecule is CCOc1cc(/C=C(/C#N)S(=O)(=O)c2cccs2)ccc1O. The number of hydrogen-bond donors (Lipinski definition) is 1. The highest BCUT2D eigenvalue weighted by atomic mass is 32.2. The Morgan fingerprint density at radius 1 is 1.45 bits per heavy atom. The Kier molecular flexibility index (Phi) is 4.85. The molecular formula is C15H13NO4S2. The van der Waals surface area contributed by atoms with Gasteiger partial charge in [-0.2, -0.15) is 5.26 Å². The maximum absolute atomic E-state index is 12.3. The van der Waals surface area contributed by atoms with Gasteiger partial charge in [-0.3, -0.25) is 0 Å². The molecular weight excluding hydrogens is 322 g/mol. The highest BCUT2D eigenvalue weighted by molar-refractivity contribution is 7.97. The monoisotopic (exact) mass is 335 g/mol. The summed E-state index contributed by atoms with van der Waals surface area (Å²) in [7, 11) is -3.83. The molecule has 1 aromatic carbocycles. The zero-order valence-electron chi connectivity index (χ0n) is 11.7. The van der Waals surface area contributed by atoms with Crippen molar-refractivity contribution in [2.24, 2.45) is 0 Å². The van der Waals surface area contributed by atoms with Crippen LogP contribution in [0.4, 0.5) is 0 Å². The number of thiophene rings is 1. The van der Waals surface area contributed by atoms with Crippen LogP contribution in [0.5, 0.6) is 11.5 Å². The lowest BCUT2D eigenvalue weighted by molar-refractivity contribution is 0.318. The lowest BCUT2D eigenvalue weighted by atomic mass is 10.2. The van der Waals surface area contributed by atoms with Gasteiger partial charge < -0.3 is 9.84 Å². The Labute approximate surface area is 132 Å². The van der Waals surface area contributed by atoms with Crippen LogP contribution >= 0.6 is 11.3 Å². The number of hydrogen-bond acceptors (Lipinski definition) is 6. The molecule has 0 saturated carbocycles. The van der Waals surface area contributed by atoms with E-state index in [1.54, 1.807) is 24.4 Å². The van der Waals surface area contributed by atoms with E-state index < -0.39 is 9.84 Å². The van der Waals surface area contributed by atoms with Gasteiger partial charge in [0.2, 0.25) is 9.84 Å². The van der Waals surface area contributed by atoms with Gasteiger partial charge in [-0.15, -0.1) is 11.3 Å². The Morgan fingerprint density at radius 3 is 2.82 bits per heavy atom. The minimum atomic E-state index is -3.83. The molecule has 0 unspecified atom stereocenters. The highest BCUT2D eigenvalue weighted by Crippen LogP contribution is 2.29. The van der Waals surface area contributed by atoms with E-state index in [9.17, 15) is 18.8 Å². The Hall–Kier alpha value is -2.30. The molecule has 0 saturated heterocycles. The number of phenols is 1. The molecule has 0 fully saturated rings. The summed E-state index contributed by atoms with van der Waals surface area (Å²) in [6.07, 6.45) is 1.26. The predicted molar refractivity (Wildman–Crippen MR) is 84.4 cm³/mol. The molecule has 7 heteroatoms. The normalized spacial score (nSPS) is 11.9. The average Bonchev–Trinajstić information content (AvgIpc) is 3.03. The van der Waals surface area contributed by atoms with Gasteiger partial charge in [0.25, 0.3) is 0 Å². The second kappa shape index (κ2) is 6.64. The summed E-state index contributed by atoms with van der Waals surface area (Å²) in [5.41, 5.74) is 0.456.